The first kappa shape index (κ1) is 20.9. The van der Waals surface area contributed by atoms with Crippen LogP contribution >= 0.6 is 0 Å². The minimum atomic E-state index is 0.549. The van der Waals surface area contributed by atoms with Crippen molar-refractivity contribution in [3.63, 3.8) is 0 Å². The predicted molar refractivity (Wildman–Crippen MR) is 128 cm³/mol. The fourth-order valence-electron chi connectivity index (χ4n) is 2.96. The predicted octanol–water partition coefficient (Wildman–Crippen LogP) is 6.25. The molecule has 0 N–H and O–H groups in total. The zero-order chi connectivity index (χ0) is 21.8. The molecule has 0 aliphatic rings. The summed E-state index contributed by atoms with van der Waals surface area (Å²) in [7, 11) is 0. The van der Waals surface area contributed by atoms with Crippen molar-refractivity contribution in [2.24, 2.45) is 0 Å². The smallest absolute Gasteiger partial charge is 0.119 e. The maximum Gasteiger partial charge on any atom is 0.119 e. The summed E-state index contributed by atoms with van der Waals surface area (Å²) in [5, 5.41) is 0. The average molecular weight is 415 g/mol. The Morgan fingerprint density at radius 1 is 0.438 bits per heavy atom. The fraction of sp³-hybridized carbons (Fsp3) is 0.0667. The minimum absolute atomic E-state index is 0.549. The molecule has 154 valence electrons. The highest BCUT2D eigenvalue weighted by molar-refractivity contribution is 5.46. The van der Waals surface area contributed by atoms with E-state index in [4.69, 9.17) is 9.47 Å². The molecule has 0 radical (unpaired) electrons. The third-order valence-electron chi connectivity index (χ3n) is 4.68. The Kier molecular flexibility index (Phi) is 7.25. The zero-order valence-corrected chi connectivity index (χ0v) is 17.6. The maximum absolute atomic E-state index is 5.80. The molecule has 0 unspecified atom stereocenters. The molecule has 0 aliphatic heterocycles. The van der Waals surface area contributed by atoms with E-state index in [1.54, 1.807) is 0 Å². The maximum atomic E-state index is 5.80. The summed E-state index contributed by atoms with van der Waals surface area (Å²) in [5.74, 6) is 13.6. The SMILES string of the molecule is C(C#Cc1ccc(OCc2ccccc2)cc1)#Cc1ccc(OCc2ccccc2)cc1. The van der Waals surface area contributed by atoms with Gasteiger partial charge in [0.05, 0.1) is 0 Å². The van der Waals surface area contributed by atoms with Gasteiger partial charge in [0.15, 0.2) is 0 Å². The first-order valence-corrected chi connectivity index (χ1v) is 10.4. The van der Waals surface area contributed by atoms with E-state index in [-0.39, 0.29) is 0 Å². The molecular formula is C30H22O2. The average Bonchev–Trinajstić information content (AvgIpc) is 2.87. The minimum Gasteiger partial charge on any atom is -0.489 e. The van der Waals surface area contributed by atoms with Crippen LogP contribution in [0.4, 0.5) is 0 Å². The lowest BCUT2D eigenvalue weighted by molar-refractivity contribution is 0.306. The second-order valence-corrected chi connectivity index (χ2v) is 7.10. The van der Waals surface area contributed by atoms with Crippen LogP contribution < -0.4 is 9.47 Å². The van der Waals surface area contributed by atoms with E-state index < -0.39 is 0 Å². The molecule has 0 heterocycles. The molecule has 0 atom stereocenters. The van der Waals surface area contributed by atoms with E-state index in [1.165, 1.54) is 0 Å². The van der Waals surface area contributed by atoms with E-state index in [9.17, 15) is 0 Å². The van der Waals surface area contributed by atoms with Crippen LogP contribution in [0.3, 0.4) is 0 Å². The standard InChI is InChI=1S/C30H22O2/c1-3-11-27(12-4-1)23-31-29-19-15-25(16-20-29)9-7-8-10-26-17-21-30(22-18-26)32-24-28-13-5-2-6-14-28/h1-6,11-22H,23-24H2. The van der Waals surface area contributed by atoms with Crippen molar-refractivity contribution < 1.29 is 9.47 Å². The van der Waals surface area contributed by atoms with Crippen LogP contribution in [0.25, 0.3) is 0 Å². The lowest BCUT2D eigenvalue weighted by Gasteiger charge is -2.05. The Labute approximate surface area is 189 Å². The molecule has 4 rings (SSSR count). The first-order valence-electron chi connectivity index (χ1n) is 10.4. The highest BCUT2D eigenvalue weighted by atomic mass is 16.5. The summed E-state index contributed by atoms with van der Waals surface area (Å²) < 4.78 is 11.6. The van der Waals surface area contributed by atoms with Gasteiger partial charge in [-0.25, -0.2) is 0 Å². The summed E-state index contributed by atoms with van der Waals surface area (Å²) in [5.41, 5.74) is 4.08. The van der Waals surface area contributed by atoms with Gasteiger partial charge in [-0.3, -0.25) is 0 Å². The third kappa shape index (κ3) is 6.56. The van der Waals surface area contributed by atoms with E-state index in [1.807, 2.05) is 109 Å². The summed E-state index contributed by atoms with van der Waals surface area (Å²) in [6, 6.07) is 35.7. The van der Waals surface area contributed by atoms with Crippen molar-refractivity contribution in [1.29, 1.82) is 0 Å². The van der Waals surface area contributed by atoms with Gasteiger partial charge in [0.2, 0.25) is 0 Å². The van der Waals surface area contributed by atoms with Crippen molar-refractivity contribution in [2.75, 3.05) is 0 Å². The van der Waals surface area contributed by atoms with Gasteiger partial charge >= 0.3 is 0 Å². The Bertz CT molecular complexity index is 1130. The van der Waals surface area contributed by atoms with Crippen molar-refractivity contribution in [1.82, 2.24) is 0 Å². The molecule has 0 amide bonds. The number of benzene rings is 4. The number of hydrogen-bond acceptors (Lipinski definition) is 2. The molecule has 2 nitrogen and oxygen atoms in total. The molecule has 0 bridgehead atoms. The van der Waals surface area contributed by atoms with Crippen LogP contribution in [0.15, 0.2) is 109 Å². The molecule has 32 heavy (non-hydrogen) atoms. The van der Waals surface area contributed by atoms with Crippen molar-refractivity contribution in [2.45, 2.75) is 13.2 Å². The summed E-state index contributed by atoms with van der Waals surface area (Å²) in [4.78, 5) is 0. The topological polar surface area (TPSA) is 18.5 Å². The molecule has 4 aromatic rings. The van der Waals surface area contributed by atoms with Gasteiger partial charge in [0, 0.05) is 11.1 Å². The fourth-order valence-corrected chi connectivity index (χ4v) is 2.96. The van der Waals surface area contributed by atoms with E-state index in [0.29, 0.717) is 13.2 Å². The van der Waals surface area contributed by atoms with Crippen LogP contribution in [0.1, 0.15) is 22.3 Å². The van der Waals surface area contributed by atoms with Crippen LogP contribution in [0.5, 0.6) is 11.5 Å². The van der Waals surface area contributed by atoms with Crippen LogP contribution in [0.2, 0.25) is 0 Å². The van der Waals surface area contributed by atoms with Gasteiger partial charge in [-0.2, -0.15) is 0 Å². The number of hydrogen-bond donors (Lipinski definition) is 0. The van der Waals surface area contributed by atoms with Gasteiger partial charge in [-0.15, -0.1) is 0 Å². The van der Waals surface area contributed by atoms with Gasteiger partial charge in [0.1, 0.15) is 24.7 Å². The molecule has 0 fully saturated rings. The lowest BCUT2D eigenvalue weighted by Crippen LogP contribution is -1.94. The summed E-state index contributed by atoms with van der Waals surface area (Å²) >= 11 is 0. The molecular weight excluding hydrogens is 392 g/mol. The summed E-state index contributed by atoms with van der Waals surface area (Å²) in [6.45, 7) is 1.10. The van der Waals surface area contributed by atoms with Gasteiger partial charge in [-0.05, 0) is 71.5 Å². The first-order chi connectivity index (χ1) is 15.8. The number of rotatable bonds is 6. The second kappa shape index (κ2) is 11.1. The van der Waals surface area contributed by atoms with E-state index >= 15 is 0 Å². The molecule has 0 aromatic heterocycles. The number of ether oxygens (including phenoxy) is 2. The van der Waals surface area contributed by atoms with E-state index in [2.05, 4.69) is 23.7 Å². The molecule has 0 saturated heterocycles. The largest absolute Gasteiger partial charge is 0.489 e. The van der Waals surface area contributed by atoms with Gasteiger partial charge < -0.3 is 9.47 Å². The zero-order valence-electron chi connectivity index (χ0n) is 17.6. The van der Waals surface area contributed by atoms with Crippen LogP contribution in [0, 0.1) is 23.7 Å². The van der Waals surface area contributed by atoms with Crippen molar-refractivity contribution in [3.05, 3.63) is 131 Å². The highest BCUT2D eigenvalue weighted by Crippen LogP contribution is 2.15. The van der Waals surface area contributed by atoms with Gasteiger partial charge in [-0.1, -0.05) is 72.5 Å². The monoisotopic (exact) mass is 414 g/mol. The highest BCUT2D eigenvalue weighted by Gasteiger charge is 1.97. The molecule has 0 aliphatic carbocycles. The van der Waals surface area contributed by atoms with E-state index in [0.717, 1.165) is 33.8 Å². The Morgan fingerprint density at radius 3 is 1.19 bits per heavy atom. The van der Waals surface area contributed by atoms with Crippen LogP contribution in [-0.2, 0) is 13.2 Å². The molecule has 0 saturated carbocycles. The quantitative estimate of drug-likeness (QED) is 0.347. The van der Waals surface area contributed by atoms with Crippen molar-refractivity contribution >= 4 is 0 Å². The van der Waals surface area contributed by atoms with Crippen LogP contribution in [-0.4, -0.2) is 0 Å². The summed E-state index contributed by atoms with van der Waals surface area (Å²) in [6.07, 6.45) is 0. The van der Waals surface area contributed by atoms with Gasteiger partial charge in [0.25, 0.3) is 0 Å². The Morgan fingerprint density at radius 2 is 0.812 bits per heavy atom. The third-order valence-corrected chi connectivity index (χ3v) is 4.68. The second-order valence-electron chi connectivity index (χ2n) is 7.10. The molecule has 4 aromatic carbocycles. The Hall–Kier alpha value is -4.40. The Balaban J connectivity index is 1.27. The lowest BCUT2D eigenvalue weighted by atomic mass is 10.2. The van der Waals surface area contributed by atoms with Crippen molar-refractivity contribution in [3.8, 4) is 35.2 Å². The normalized spacial score (nSPS) is 9.62. The molecule has 0 spiro atoms. The molecule has 2 heteroatoms.